The smallest absolute Gasteiger partial charge is 0.321 e. The molecule has 1 N–H and O–H groups in total. The summed E-state index contributed by atoms with van der Waals surface area (Å²) in [6.45, 7) is 4.00. The van der Waals surface area contributed by atoms with Crippen LogP contribution < -0.4 is 5.32 Å². The minimum atomic E-state index is 0.271. The number of hydrogen-bond acceptors (Lipinski definition) is 5. The van der Waals surface area contributed by atoms with Gasteiger partial charge in [0, 0.05) is 6.04 Å². The Balaban J connectivity index is 2.18. The number of nitrogens with zero attached hydrogens (tertiary/aromatic N) is 2. The lowest BCUT2D eigenvalue weighted by atomic mass is 10.3. The van der Waals surface area contributed by atoms with Gasteiger partial charge in [0.2, 0.25) is 5.82 Å². The number of furan rings is 1. The van der Waals surface area contributed by atoms with Gasteiger partial charge in [-0.3, -0.25) is 0 Å². The highest BCUT2D eigenvalue weighted by molar-refractivity contribution is 5.53. The van der Waals surface area contributed by atoms with Crippen molar-refractivity contribution >= 4 is 6.01 Å². The Morgan fingerprint density at radius 2 is 2.29 bits per heavy atom. The van der Waals surface area contributed by atoms with E-state index in [9.17, 15) is 0 Å². The van der Waals surface area contributed by atoms with Crippen LogP contribution in [0.15, 0.2) is 27.5 Å². The number of anilines is 1. The van der Waals surface area contributed by atoms with Crippen molar-refractivity contribution in [1.82, 2.24) is 10.1 Å². The lowest BCUT2D eigenvalue weighted by Gasteiger charge is -2.01. The summed E-state index contributed by atoms with van der Waals surface area (Å²) in [6.07, 6.45) is 3.14. The minimum Gasteiger partial charge on any atom is -0.472 e. The maximum absolute atomic E-state index is 4.99. The van der Waals surface area contributed by atoms with Gasteiger partial charge < -0.3 is 14.3 Å². The van der Waals surface area contributed by atoms with Crippen LogP contribution in [0.5, 0.6) is 0 Å². The Morgan fingerprint density at radius 1 is 1.43 bits per heavy atom. The Labute approximate surface area is 81.1 Å². The van der Waals surface area contributed by atoms with E-state index < -0.39 is 0 Å². The highest BCUT2D eigenvalue weighted by Crippen LogP contribution is 2.17. The second-order valence-corrected chi connectivity index (χ2v) is 3.23. The van der Waals surface area contributed by atoms with Crippen molar-refractivity contribution in [2.45, 2.75) is 19.9 Å². The maximum Gasteiger partial charge on any atom is 0.321 e. The van der Waals surface area contributed by atoms with Crippen LogP contribution in [0.1, 0.15) is 13.8 Å². The lowest BCUT2D eigenvalue weighted by molar-refractivity contribution is 0.429. The molecule has 5 nitrogen and oxygen atoms in total. The number of nitrogens with one attached hydrogen (secondary N) is 1. The molecule has 0 bridgehead atoms. The first-order chi connectivity index (χ1) is 6.75. The molecule has 0 saturated carbocycles. The van der Waals surface area contributed by atoms with Crippen molar-refractivity contribution < 1.29 is 8.94 Å². The molecule has 2 rings (SSSR count). The van der Waals surface area contributed by atoms with Crippen molar-refractivity contribution in [2.24, 2.45) is 0 Å². The van der Waals surface area contributed by atoms with Crippen LogP contribution in [-0.4, -0.2) is 16.2 Å². The van der Waals surface area contributed by atoms with E-state index in [1.807, 2.05) is 13.8 Å². The molecule has 0 saturated heterocycles. The molecule has 0 unspecified atom stereocenters. The average Bonchev–Trinajstić information content (AvgIpc) is 2.69. The van der Waals surface area contributed by atoms with Crippen molar-refractivity contribution in [2.75, 3.05) is 5.32 Å². The Morgan fingerprint density at radius 3 is 2.93 bits per heavy atom. The van der Waals surface area contributed by atoms with E-state index in [1.54, 1.807) is 18.6 Å². The van der Waals surface area contributed by atoms with Crippen LogP contribution >= 0.6 is 0 Å². The largest absolute Gasteiger partial charge is 0.472 e. The van der Waals surface area contributed by atoms with Gasteiger partial charge in [-0.25, -0.2) is 0 Å². The highest BCUT2D eigenvalue weighted by atomic mass is 16.5. The summed E-state index contributed by atoms with van der Waals surface area (Å²) in [7, 11) is 0. The molecule has 0 aromatic carbocycles. The van der Waals surface area contributed by atoms with Crippen molar-refractivity contribution in [3.05, 3.63) is 18.6 Å². The van der Waals surface area contributed by atoms with Crippen LogP contribution in [0.2, 0.25) is 0 Å². The predicted octanol–water partition coefficient (Wildman–Crippen LogP) is 2.15. The van der Waals surface area contributed by atoms with Crippen LogP contribution in [-0.2, 0) is 0 Å². The zero-order valence-corrected chi connectivity index (χ0v) is 8.02. The molecular weight excluding hydrogens is 182 g/mol. The van der Waals surface area contributed by atoms with E-state index in [1.165, 1.54) is 0 Å². The molecule has 5 heteroatoms. The van der Waals surface area contributed by atoms with Crippen LogP contribution in [0, 0.1) is 0 Å². The summed E-state index contributed by atoms with van der Waals surface area (Å²) in [6, 6.07) is 2.48. The molecule has 0 atom stereocenters. The van der Waals surface area contributed by atoms with E-state index >= 15 is 0 Å². The van der Waals surface area contributed by atoms with Gasteiger partial charge in [0.05, 0.1) is 11.8 Å². The maximum atomic E-state index is 4.99. The number of hydrogen-bond donors (Lipinski definition) is 1. The molecule has 0 aliphatic heterocycles. The van der Waals surface area contributed by atoms with E-state index in [-0.39, 0.29) is 6.04 Å². The molecular formula is C9H11N3O2. The van der Waals surface area contributed by atoms with Crippen molar-refractivity contribution in [3.8, 4) is 11.4 Å². The Kier molecular flexibility index (Phi) is 2.22. The third-order valence-corrected chi connectivity index (χ3v) is 1.62. The Hall–Kier alpha value is -1.78. The SMILES string of the molecule is CC(C)Nc1nc(-c2ccoc2)no1. The topological polar surface area (TPSA) is 64.1 Å². The van der Waals surface area contributed by atoms with E-state index in [2.05, 4.69) is 15.5 Å². The normalized spacial score (nSPS) is 10.8. The minimum absolute atomic E-state index is 0.271. The average molecular weight is 193 g/mol. The first-order valence-electron chi connectivity index (χ1n) is 4.38. The molecule has 2 aromatic heterocycles. The number of aromatic nitrogens is 2. The number of rotatable bonds is 3. The highest BCUT2D eigenvalue weighted by Gasteiger charge is 2.09. The zero-order valence-electron chi connectivity index (χ0n) is 8.02. The summed E-state index contributed by atoms with van der Waals surface area (Å²) < 4.78 is 9.90. The van der Waals surface area contributed by atoms with Gasteiger partial charge >= 0.3 is 6.01 Å². The summed E-state index contributed by atoms with van der Waals surface area (Å²) in [5, 5.41) is 6.82. The molecule has 2 aromatic rings. The molecule has 0 amide bonds. The summed E-state index contributed by atoms with van der Waals surface area (Å²) in [4.78, 5) is 4.14. The van der Waals surface area contributed by atoms with Gasteiger partial charge in [0.1, 0.15) is 6.26 Å². The molecule has 74 valence electrons. The van der Waals surface area contributed by atoms with Gasteiger partial charge in [0.15, 0.2) is 0 Å². The summed E-state index contributed by atoms with van der Waals surface area (Å²) >= 11 is 0. The van der Waals surface area contributed by atoms with Gasteiger partial charge in [-0.15, -0.1) is 0 Å². The van der Waals surface area contributed by atoms with E-state index in [0.29, 0.717) is 11.8 Å². The Bertz CT molecular complexity index is 392. The second kappa shape index (κ2) is 3.53. The molecule has 0 fully saturated rings. The van der Waals surface area contributed by atoms with E-state index in [0.717, 1.165) is 5.56 Å². The van der Waals surface area contributed by atoms with Crippen LogP contribution in [0.4, 0.5) is 6.01 Å². The van der Waals surface area contributed by atoms with E-state index in [4.69, 9.17) is 8.94 Å². The molecule has 0 aliphatic rings. The quantitative estimate of drug-likeness (QED) is 0.809. The van der Waals surface area contributed by atoms with Crippen molar-refractivity contribution in [1.29, 1.82) is 0 Å². The lowest BCUT2D eigenvalue weighted by Crippen LogP contribution is -2.09. The summed E-state index contributed by atoms with van der Waals surface area (Å²) in [5.74, 6) is 0.530. The first kappa shape index (κ1) is 8.80. The van der Waals surface area contributed by atoms with Crippen LogP contribution in [0.3, 0.4) is 0 Å². The molecule has 0 radical (unpaired) electrons. The van der Waals surface area contributed by atoms with Gasteiger partial charge in [0.25, 0.3) is 0 Å². The summed E-state index contributed by atoms with van der Waals surface area (Å²) in [5.41, 5.74) is 0.811. The first-order valence-corrected chi connectivity index (χ1v) is 4.38. The third-order valence-electron chi connectivity index (χ3n) is 1.62. The molecule has 2 heterocycles. The zero-order chi connectivity index (χ0) is 9.97. The fourth-order valence-electron chi connectivity index (χ4n) is 1.04. The monoisotopic (exact) mass is 193 g/mol. The van der Waals surface area contributed by atoms with Gasteiger partial charge in [-0.05, 0) is 19.9 Å². The standard InChI is InChI=1S/C9H11N3O2/c1-6(2)10-9-11-8(12-14-9)7-3-4-13-5-7/h3-6H,1-2H3,(H,10,11,12). The fourth-order valence-corrected chi connectivity index (χ4v) is 1.04. The van der Waals surface area contributed by atoms with Crippen LogP contribution in [0.25, 0.3) is 11.4 Å². The predicted molar refractivity (Wildman–Crippen MR) is 50.8 cm³/mol. The van der Waals surface area contributed by atoms with Gasteiger partial charge in [-0.1, -0.05) is 5.16 Å². The molecule has 14 heavy (non-hydrogen) atoms. The fraction of sp³-hybridized carbons (Fsp3) is 0.333. The van der Waals surface area contributed by atoms with Gasteiger partial charge in [-0.2, -0.15) is 4.98 Å². The second-order valence-electron chi connectivity index (χ2n) is 3.23. The molecule has 0 aliphatic carbocycles. The van der Waals surface area contributed by atoms with Crippen molar-refractivity contribution in [3.63, 3.8) is 0 Å². The third kappa shape index (κ3) is 1.76. The molecule has 0 spiro atoms.